The van der Waals surface area contributed by atoms with Crippen LogP contribution in [0.1, 0.15) is 17.3 Å². The Labute approximate surface area is 99.9 Å². The lowest BCUT2D eigenvalue weighted by Gasteiger charge is -2.12. The van der Waals surface area contributed by atoms with Crippen molar-refractivity contribution in [3.8, 4) is 11.5 Å². The Morgan fingerprint density at radius 2 is 2.06 bits per heavy atom. The monoisotopic (exact) mass is 240 g/mol. The molecule has 0 amide bonds. The molecule has 17 heavy (non-hydrogen) atoms. The Balaban J connectivity index is 2.93. The predicted molar refractivity (Wildman–Crippen MR) is 61.5 cm³/mol. The number of aliphatic hydroxyl groups excluding tert-OH is 1. The van der Waals surface area contributed by atoms with E-state index in [9.17, 15) is 4.79 Å². The number of hydrogen-bond donors (Lipinski definition) is 1. The first-order valence-electron chi connectivity index (χ1n) is 5.15. The number of benzene rings is 1. The van der Waals surface area contributed by atoms with Crippen LogP contribution < -0.4 is 9.47 Å². The van der Waals surface area contributed by atoms with Crippen LogP contribution in [-0.2, 0) is 4.74 Å². The van der Waals surface area contributed by atoms with Crippen molar-refractivity contribution in [2.75, 3.05) is 20.8 Å². The molecular weight excluding hydrogens is 224 g/mol. The molecule has 0 fully saturated rings. The molecule has 0 heterocycles. The second-order valence-electron chi connectivity index (χ2n) is 3.52. The summed E-state index contributed by atoms with van der Waals surface area (Å²) in [5, 5.41) is 9.14. The fraction of sp³-hybridized carbons (Fsp3) is 0.417. The molecule has 0 spiro atoms. The van der Waals surface area contributed by atoms with Crippen molar-refractivity contribution in [2.45, 2.75) is 13.0 Å². The average molecular weight is 240 g/mol. The molecule has 5 nitrogen and oxygen atoms in total. The lowest BCUT2D eigenvalue weighted by Crippen LogP contribution is -2.13. The first-order valence-corrected chi connectivity index (χ1v) is 5.15. The Bertz CT molecular complexity index is 386. The van der Waals surface area contributed by atoms with Crippen LogP contribution >= 0.6 is 0 Å². The van der Waals surface area contributed by atoms with E-state index in [1.165, 1.54) is 20.3 Å². The summed E-state index contributed by atoms with van der Waals surface area (Å²) in [6.07, 6.45) is -0.596. The molecule has 1 aromatic rings. The molecule has 0 saturated carbocycles. The summed E-state index contributed by atoms with van der Waals surface area (Å²) in [5.74, 6) is 0.448. The van der Waals surface area contributed by atoms with Crippen molar-refractivity contribution in [3.05, 3.63) is 23.8 Å². The largest absolute Gasteiger partial charge is 0.493 e. The molecule has 0 radical (unpaired) electrons. The van der Waals surface area contributed by atoms with E-state index in [0.29, 0.717) is 17.1 Å². The van der Waals surface area contributed by atoms with E-state index in [1.54, 1.807) is 19.1 Å². The highest BCUT2D eigenvalue weighted by Crippen LogP contribution is 2.28. The minimum atomic E-state index is -0.596. The summed E-state index contributed by atoms with van der Waals surface area (Å²) in [6, 6.07) is 4.72. The minimum Gasteiger partial charge on any atom is -0.493 e. The summed E-state index contributed by atoms with van der Waals surface area (Å²) in [5.41, 5.74) is 0.369. The van der Waals surface area contributed by atoms with Gasteiger partial charge in [-0.3, -0.25) is 0 Å². The highest BCUT2D eigenvalue weighted by Gasteiger charge is 2.11. The maximum absolute atomic E-state index is 11.3. The van der Waals surface area contributed by atoms with Gasteiger partial charge in [0.25, 0.3) is 0 Å². The molecule has 0 aliphatic rings. The zero-order chi connectivity index (χ0) is 12.8. The van der Waals surface area contributed by atoms with Gasteiger partial charge in [-0.25, -0.2) is 4.79 Å². The van der Waals surface area contributed by atoms with Crippen LogP contribution in [0.25, 0.3) is 0 Å². The van der Waals surface area contributed by atoms with Crippen LogP contribution in [0.3, 0.4) is 0 Å². The molecule has 1 N–H and O–H groups in total. The van der Waals surface area contributed by atoms with E-state index in [-0.39, 0.29) is 6.61 Å². The van der Waals surface area contributed by atoms with Gasteiger partial charge >= 0.3 is 5.97 Å². The number of ether oxygens (including phenoxy) is 3. The third-order valence-electron chi connectivity index (χ3n) is 2.06. The smallest absolute Gasteiger partial charge is 0.337 e. The molecule has 1 atom stereocenters. The van der Waals surface area contributed by atoms with Crippen LogP contribution in [0.4, 0.5) is 0 Å². The summed E-state index contributed by atoms with van der Waals surface area (Å²) in [6.45, 7) is 1.73. The van der Waals surface area contributed by atoms with Crippen molar-refractivity contribution < 1.29 is 24.1 Å². The Hall–Kier alpha value is -1.75. The number of esters is 1. The summed E-state index contributed by atoms with van der Waals surface area (Å²) < 4.78 is 15.0. The molecular formula is C12H16O5. The topological polar surface area (TPSA) is 65.0 Å². The van der Waals surface area contributed by atoms with Crippen LogP contribution in [0, 0.1) is 0 Å². The highest BCUT2D eigenvalue weighted by molar-refractivity contribution is 5.90. The van der Waals surface area contributed by atoms with Gasteiger partial charge < -0.3 is 19.3 Å². The van der Waals surface area contributed by atoms with Crippen LogP contribution in [-0.4, -0.2) is 38.0 Å². The third-order valence-corrected chi connectivity index (χ3v) is 2.06. The highest BCUT2D eigenvalue weighted by atomic mass is 16.5. The first kappa shape index (κ1) is 13.3. The predicted octanol–water partition coefficient (Wildman–Crippen LogP) is 1.24. The summed E-state index contributed by atoms with van der Waals surface area (Å²) in [7, 11) is 2.81. The number of hydrogen-bond acceptors (Lipinski definition) is 5. The second-order valence-corrected chi connectivity index (χ2v) is 3.52. The molecule has 0 aliphatic heterocycles. The number of aliphatic hydroxyl groups is 1. The maximum atomic E-state index is 11.3. The molecule has 1 rings (SSSR count). The molecule has 0 aromatic heterocycles. The van der Waals surface area contributed by atoms with Crippen molar-refractivity contribution in [2.24, 2.45) is 0 Å². The minimum absolute atomic E-state index is 0.126. The number of carbonyl (C=O) groups is 1. The standard InChI is InChI=1S/C12H16O5/c1-8(13)7-17-11-6-9(12(14)16-3)4-5-10(11)15-2/h4-6,8,13H,7H2,1-3H3/t8-/m1/s1. The summed E-state index contributed by atoms with van der Waals surface area (Å²) >= 11 is 0. The normalized spacial score (nSPS) is 11.8. The fourth-order valence-electron chi connectivity index (χ4n) is 1.24. The van der Waals surface area contributed by atoms with Crippen molar-refractivity contribution in [1.29, 1.82) is 0 Å². The molecule has 0 unspecified atom stereocenters. The lowest BCUT2D eigenvalue weighted by atomic mass is 10.2. The zero-order valence-corrected chi connectivity index (χ0v) is 10.1. The average Bonchev–Trinajstić information content (AvgIpc) is 2.34. The van der Waals surface area contributed by atoms with E-state index in [0.717, 1.165) is 0 Å². The Morgan fingerprint density at radius 1 is 1.35 bits per heavy atom. The molecule has 5 heteroatoms. The number of rotatable bonds is 5. The van der Waals surface area contributed by atoms with Crippen LogP contribution in [0.5, 0.6) is 11.5 Å². The fourth-order valence-corrected chi connectivity index (χ4v) is 1.24. The van der Waals surface area contributed by atoms with E-state index >= 15 is 0 Å². The van der Waals surface area contributed by atoms with Gasteiger partial charge in [0, 0.05) is 0 Å². The van der Waals surface area contributed by atoms with Crippen molar-refractivity contribution >= 4 is 5.97 Å². The third kappa shape index (κ3) is 3.64. The van der Waals surface area contributed by atoms with Crippen LogP contribution in [0.15, 0.2) is 18.2 Å². The van der Waals surface area contributed by atoms with Crippen molar-refractivity contribution in [1.82, 2.24) is 0 Å². The van der Waals surface area contributed by atoms with E-state index in [1.807, 2.05) is 0 Å². The number of methoxy groups -OCH3 is 2. The number of carbonyl (C=O) groups excluding carboxylic acids is 1. The molecule has 0 bridgehead atoms. The van der Waals surface area contributed by atoms with E-state index < -0.39 is 12.1 Å². The Kier molecular flexibility index (Phi) is 4.78. The van der Waals surface area contributed by atoms with Gasteiger partial charge in [0.1, 0.15) is 6.61 Å². The van der Waals surface area contributed by atoms with E-state index in [2.05, 4.69) is 4.74 Å². The van der Waals surface area contributed by atoms with Gasteiger partial charge in [0.15, 0.2) is 11.5 Å². The molecule has 0 saturated heterocycles. The van der Waals surface area contributed by atoms with Crippen LogP contribution in [0.2, 0.25) is 0 Å². The van der Waals surface area contributed by atoms with Gasteiger partial charge in [-0.2, -0.15) is 0 Å². The second kappa shape index (κ2) is 6.10. The molecule has 0 aliphatic carbocycles. The van der Waals surface area contributed by atoms with Crippen molar-refractivity contribution in [3.63, 3.8) is 0 Å². The summed E-state index contributed by atoms with van der Waals surface area (Å²) in [4.78, 5) is 11.3. The van der Waals surface area contributed by atoms with E-state index in [4.69, 9.17) is 14.6 Å². The Morgan fingerprint density at radius 3 is 2.59 bits per heavy atom. The lowest BCUT2D eigenvalue weighted by molar-refractivity contribution is 0.0600. The quantitative estimate of drug-likeness (QED) is 0.784. The molecule has 94 valence electrons. The maximum Gasteiger partial charge on any atom is 0.337 e. The van der Waals surface area contributed by atoms with Gasteiger partial charge in [-0.05, 0) is 25.1 Å². The van der Waals surface area contributed by atoms with Gasteiger partial charge in [-0.15, -0.1) is 0 Å². The SMILES string of the molecule is COC(=O)c1ccc(OC)c(OC[C@@H](C)O)c1. The molecule has 1 aromatic carbocycles. The van der Waals surface area contributed by atoms with Gasteiger partial charge in [0.2, 0.25) is 0 Å². The zero-order valence-electron chi connectivity index (χ0n) is 10.1. The first-order chi connectivity index (χ1) is 8.08. The van der Waals surface area contributed by atoms with Gasteiger partial charge in [-0.1, -0.05) is 0 Å². The van der Waals surface area contributed by atoms with Gasteiger partial charge in [0.05, 0.1) is 25.9 Å².